The second-order valence-corrected chi connectivity index (χ2v) is 4.94. The van der Waals surface area contributed by atoms with Crippen molar-refractivity contribution in [1.82, 2.24) is 0 Å². The van der Waals surface area contributed by atoms with Gasteiger partial charge in [0.15, 0.2) is 0 Å². The van der Waals surface area contributed by atoms with Crippen LogP contribution in [-0.2, 0) is 0 Å². The van der Waals surface area contributed by atoms with Gasteiger partial charge in [-0.1, -0.05) is 6.92 Å². The Bertz CT molecular complexity index is 334. The van der Waals surface area contributed by atoms with E-state index < -0.39 is 0 Å². The Morgan fingerprint density at radius 3 is 2.79 bits per heavy atom. The number of nitrogens with zero attached hydrogens (tertiary/aromatic N) is 1. The highest BCUT2D eigenvalue weighted by Crippen LogP contribution is 2.30. The van der Waals surface area contributed by atoms with Crippen molar-refractivity contribution in [2.24, 2.45) is 5.92 Å². The first kappa shape index (κ1) is 10.2. The molecule has 0 spiro atoms. The average molecular weight is 305 g/mol. The summed E-state index contributed by atoms with van der Waals surface area (Å²) in [5.41, 5.74) is 1.18. The van der Waals surface area contributed by atoms with E-state index in [0.29, 0.717) is 0 Å². The fraction of sp³-hybridized carbons (Fsp3) is 0.455. The zero-order valence-electron chi connectivity index (χ0n) is 8.13. The lowest BCUT2D eigenvalue weighted by Gasteiger charge is -2.41. The summed E-state index contributed by atoms with van der Waals surface area (Å²) < 4.78 is 13.9. The van der Waals surface area contributed by atoms with Crippen LogP contribution in [-0.4, -0.2) is 13.1 Å². The molecule has 1 saturated heterocycles. The van der Waals surface area contributed by atoms with Crippen molar-refractivity contribution >= 4 is 28.3 Å². The van der Waals surface area contributed by atoms with Crippen LogP contribution in [0.15, 0.2) is 18.2 Å². The van der Waals surface area contributed by atoms with Crippen LogP contribution < -0.4 is 4.90 Å². The Kier molecular flexibility index (Phi) is 2.95. The molecule has 0 N–H and O–H groups in total. The third kappa shape index (κ3) is 1.87. The molecule has 2 rings (SSSR count). The molecule has 1 fully saturated rings. The molecule has 3 heteroatoms. The van der Waals surface area contributed by atoms with Crippen LogP contribution in [0.5, 0.6) is 0 Å². The fourth-order valence-corrected chi connectivity index (χ4v) is 2.58. The van der Waals surface area contributed by atoms with Gasteiger partial charge in [-0.15, -0.1) is 0 Å². The third-order valence-electron chi connectivity index (χ3n) is 2.78. The van der Waals surface area contributed by atoms with Crippen LogP contribution in [0.1, 0.15) is 13.3 Å². The van der Waals surface area contributed by atoms with E-state index in [1.807, 2.05) is 6.07 Å². The molecule has 0 unspecified atom stereocenters. The first-order chi connectivity index (χ1) is 6.70. The van der Waals surface area contributed by atoms with Crippen LogP contribution in [0.2, 0.25) is 0 Å². The van der Waals surface area contributed by atoms with Crippen LogP contribution in [0.3, 0.4) is 0 Å². The monoisotopic (exact) mass is 305 g/mol. The lowest BCUT2D eigenvalue weighted by Crippen LogP contribution is -2.46. The molecule has 0 bridgehead atoms. The highest BCUT2D eigenvalue weighted by molar-refractivity contribution is 14.1. The molecule has 1 aliphatic rings. The van der Waals surface area contributed by atoms with Crippen molar-refractivity contribution in [3.63, 3.8) is 0 Å². The van der Waals surface area contributed by atoms with Crippen molar-refractivity contribution < 1.29 is 4.39 Å². The Hall–Kier alpha value is -0.320. The van der Waals surface area contributed by atoms with Gasteiger partial charge in [-0.05, 0) is 53.1 Å². The summed E-state index contributed by atoms with van der Waals surface area (Å²) in [6.45, 7) is 4.47. The van der Waals surface area contributed by atoms with E-state index in [4.69, 9.17) is 0 Å². The molecule has 1 aromatic rings. The van der Waals surface area contributed by atoms with Gasteiger partial charge < -0.3 is 4.90 Å². The molecule has 14 heavy (non-hydrogen) atoms. The zero-order valence-corrected chi connectivity index (χ0v) is 10.3. The van der Waals surface area contributed by atoms with Crippen LogP contribution in [0, 0.1) is 15.3 Å². The predicted molar refractivity (Wildman–Crippen MR) is 65.1 cm³/mol. The summed E-state index contributed by atoms with van der Waals surface area (Å²) in [7, 11) is 0. The molecule has 1 nitrogen and oxygen atoms in total. The maximum Gasteiger partial charge on any atom is 0.124 e. The topological polar surface area (TPSA) is 3.24 Å². The minimum atomic E-state index is -0.147. The van der Waals surface area contributed by atoms with E-state index in [1.54, 1.807) is 6.07 Å². The summed E-state index contributed by atoms with van der Waals surface area (Å²) in [5, 5.41) is 0. The number of rotatable bonds is 2. The maximum atomic E-state index is 12.9. The number of benzene rings is 1. The summed E-state index contributed by atoms with van der Waals surface area (Å²) >= 11 is 2.20. The lowest BCUT2D eigenvalue weighted by atomic mass is 9.96. The van der Waals surface area contributed by atoms with Gasteiger partial charge in [-0.25, -0.2) is 4.39 Å². The van der Waals surface area contributed by atoms with Crippen LogP contribution in [0.25, 0.3) is 0 Å². The predicted octanol–water partition coefficient (Wildman–Crippen LogP) is 3.28. The average Bonchev–Trinajstić information content (AvgIpc) is 2.06. The SMILES string of the molecule is CCC1CN(c2ccc(F)cc2I)C1. The first-order valence-electron chi connectivity index (χ1n) is 4.90. The molecule has 1 aromatic carbocycles. The minimum Gasteiger partial charge on any atom is -0.370 e. The molecule has 0 amide bonds. The van der Waals surface area contributed by atoms with Gasteiger partial charge >= 0.3 is 0 Å². The van der Waals surface area contributed by atoms with Gasteiger partial charge in [0.05, 0.1) is 5.69 Å². The fourth-order valence-electron chi connectivity index (χ4n) is 1.76. The molecule has 76 valence electrons. The Labute approximate surface area is 97.4 Å². The van der Waals surface area contributed by atoms with Crippen LogP contribution in [0.4, 0.5) is 10.1 Å². The van der Waals surface area contributed by atoms with E-state index in [9.17, 15) is 4.39 Å². The molecular formula is C11H13FIN. The van der Waals surface area contributed by atoms with Crippen LogP contribution >= 0.6 is 22.6 Å². The molecule has 0 aromatic heterocycles. The normalized spacial score (nSPS) is 16.9. The number of anilines is 1. The molecule has 0 atom stereocenters. The van der Waals surface area contributed by atoms with Crippen molar-refractivity contribution in [1.29, 1.82) is 0 Å². The van der Waals surface area contributed by atoms with Crippen molar-refractivity contribution in [3.05, 3.63) is 27.6 Å². The van der Waals surface area contributed by atoms with Crippen molar-refractivity contribution in [2.45, 2.75) is 13.3 Å². The van der Waals surface area contributed by atoms with E-state index in [1.165, 1.54) is 18.2 Å². The molecule has 0 radical (unpaired) electrons. The van der Waals surface area contributed by atoms with Gasteiger partial charge in [0.1, 0.15) is 5.82 Å². The number of hydrogen-bond donors (Lipinski definition) is 0. The first-order valence-corrected chi connectivity index (χ1v) is 5.98. The second-order valence-electron chi connectivity index (χ2n) is 3.77. The standard InChI is InChI=1S/C11H13FIN/c1-2-8-6-14(7-8)11-4-3-9(12)5-10(11)13/h3-5,8H,2,6-7H2,1H3. The van der Waals surface area contributed by atoms with E-state index in [0.717, 1.165) is 22.6 Å². The molecule has 0 aliphatic carbocycles. The Morgan fingerprint density at radius 1 is 1.50 bits per heavy atom. The van der Waals surface area contributed by atoms with Gasteiger partial charge in [0.2, 0.25) is 0 Å². The highest BCUT2D eigenvalue weighted by Gasteiger charge is 2.26. The second kappa shape index (κ2) is 4.04. The summed E-state index contributed by atoms with van der Waals surface area (Å²) in [6.07, 6.45) is 1.24. The minimum absolute atomic E-state index is 0.147. The van der Waals surface area contributed by atoms with E-state index in [2.05, 4.69) is 34.4 Å². The summed E-state index contributed by atoms with van der Waals surface area (Å²) in [6, 6.07) is 5.01. The van der Waals surface area contributed by atoms with E-state index in [-0.39, 0.29) is 5.82 Å². The van der Waals surface area contributed by atoms with Gasteiger partial charge in [0.25, 0.3) is 0 Å². The molecular weight excluding hydrogens is 292 g/mol. The third-order valence-corrected chi connectivity index (χ3v) is 3.65. The number of halogens is 2. The van der Waals surface area contributed by atoms with Gasteiger partial charge in [-0.2, -0.15) is 0 Å². The van der Waals surface area contributed by atoms with Crippen molar-refractivity contribution in [3.8, 4) is 0 Å². The molecule has 0 saturated carbocycles. The smallest absolute Gasteiger partial charge is 0.124 e. The number of hydrogen-bond acceptors (Lipinski definition) is 1. The van der Waals surface area contributed by atoms with Gasteiger partial charge in [-0.3, -0.25) is 0 Å². The Balaban J connectivity index is 2.11. The maximum absolute atomic E-state index is 12.9. The van der Waals surface area contributed by atoms with Crippen molar-refractivity contribution in [2.75, 3.05) is 18.0 Å². The van der Waals surface area contributed by atoms with Gasteiger partial charge in [0, 0.05) is 16.7 Å². The van der Waals surface area contributed by atoms with E-state index >= 15 is 0 Å². The molecule has 1 aliphatic heterocycles. The Morgan fingerprint density at radius 2 is 2.21 bits per heavy atom. The largest absolute Gasteiger partial charge is 0.370 e. The molecule has 1 heterocycles. The summed E-state index contributed by atoms with van der Waals surface area (Å²) in [5.74, 6) is 0.682. The summed E-state index contributed by atoms with van der Waals surface area (Å²) in [4.78, 5) is 2.31. The quantitative estimate of drug-likeness (QED) is 0.758. The zero-order chi connectivity index (χ0) is 10.1. The highest BCUT2D eigenvalue weighted by atomic mass is 127. The lowest BCUT2D eigenvalue weighted by molar-refractivity contribution is 0.398.